The molecule has 0 bridgehead atoms. The van der Waals surface area contributed by atoms with Gasteiger partial charge in [-0.1, -0.05) is 59.8 Å². The summed E-state index contributed by atoms with van der Waals surface area (Å²) < 4.78 is 0. The molecule has 1 nitrogen and oxygen atoms in total. The smallest absolute Gasteiger partial charge is 0.00772 e. The summed E-state index contributed by atoms with van der Waals surface area (Å²) in [6.45, 7) is 11.0. The van der Waals surface area contributed by atoms with Gasteiger partial charge in [0.2, 0.25) is 0 Å². The monoisotopic (exact) mass is 265 g/mol. The fourth-order valence-electron chi connectivity index (χ4n) is 4.96. The van der Waals surface area contributed by atoms with Crippen LogP contribution in [0.1, 0.15) is 85.5 Å². The van der Waals surface area contributed by atoms with Crippen molar-refractivity contribution in [3.63, 3.8) is 0 Å². The van der Waals surface area contributed by atoms with Gasteiger partial charge in [0.1, 0.15) is 0 Å². The molecule has 0 amide bonds. The Morgan fingerprint density at radius 3 is 2.05 bits per heavy atom. The van der Waals surface area contributed by atoms with Crippen molar-refractivity contribution >= 4 is 0 Å². The summed E-state index contributed by atoms with van der Waals surface area (Å²) in [6.07, 6.45) is 12.9. The van der Waals surface area contributed by atoms with E-state index < -0.39 is 0 Å². The van der Waals surface area contributed by atoms with E-state index in [0.29, 0.717) is 10.8 Å². The predicted molar refractivity (Wildman–Crippen MR) is 84.4 cm³/mol. The highest BCUT2D eigenvalue weighted by atomic mass is 14.9. The minimum absolute atomic E-state index is 0.518. The molecule has 0 aromatic carbocycles. The van der Waals surface area contributed by atoms with Gasteiger partial charge < -0.3 is 5.32 Å². The summed E-state index contributed by atoms with van der Waals surface area (Å²) in [5.41, 5.74) is 1.04. The second-order valence-electron chi connectivity index (χ2n) is 8.86. The summed E-state index contributed by atoms with van der Waals surface area (Å²) in [7, 11) is 0. The summed E-state index contributed by atoms with van der Waals surface area (Å²) in [6, 6.07) is 0.752. The summed E-state index contributed by atoms with van der Waals surface area (Å²) in [4.78, 5) is 0. The highest BCUT2D eigenvalue weighted by Crippen LogP contribution is 2.45. The molecule has 0 radical (unpaired) electrons. The fourth-order valence-corrected chi connectivity index (χ4v) is 4.96. The normalized spacial score (nSPS) is 28.4. The van der Waals surface area contributed by atoms with Crippen LogP contribution in [0.15, 0.2) is 0 Å². The molecule has 0 saturated heterocycles. The molecule has 0 heterocycles. The molecule has 0 aliphatic heterocycles. The first-order valence-electron chi connectivity index (χ1n) is 8.60. The number of hydrogen-bond acceptors (Lipinski definition) is 1. The minimum atomic E-state index is 0.518. The van der Waals surface area contributed by atoms with E-state index in [2.05, 4.69) is 33.0 Å². The maximum absolute atomic E-state index is 3.88. The topological polar surface area (TPSA) is 12.0 Å². The molecular formula is C18H35N. The van der Waals surface area contributed by atoms with E-state index in [-0.39, 0.29) is 0 Å². The number of rotatable bonds is 4. The van der Waals surface area contributed by atoms with E-state index in [9.17, 15) is 0 Å². The molecule has 0 aromatic heterocycles. The maximum Gasteiger partial charge on any atom is 0.00772 e. The molecule has 0 aromatic rings. The van der Waals surface area contributed by atoms with E-state index in [1.165, 1.54) is 64.3 Å². The molecule has 0 spiro atoms. The lowest BCUT2D eigenvalue weighted by atomic mass is 9.63. The highest BCUT2D eigenvalue weighted by molar-refractivity contribution is 4.92. The Balaban J connectivity index is 1.72. The molecule has 2 fully saturated rings. The first-order chi connectivity index (χ1) is 8.86. The van der Waals surface area contributed by atoms with Crippen molar-refractivity contribution in [1.82, 2.24) is 5.32 Å². The molecule has 0 atom stereocenters. The average Bonchev–Trinajstić information content (AvgIpc) is 2.26. The van der Waals surface area contributed by atoms with Gasteiger partial charge in [0.15, 0.2) is 0 Å². The Hall–Kier alpha value is -0.0400. The van der Waals surface area contributed by atoms with Gasteiger partial charge in [0, 0.05) is 6.04 Å². The van der Waals surface area contributed by atoms with Crippen LogP contribution in [0.25, 0.3) is 0 Å². The van der Waals surface area contributed by atoms with Crippen LogP contribution in [0.2, 0.25) is 0 Å². The van der Waals surface area contributed by atoms with E-state index in [4.69, 9.17) is 0 Å². The van der Waals surface area contributed by atoms with Crippen LogP contribution in [-0.2, 0) is 0 Å². The molecule has 2 aliphatic rings. The van der Waals surface area contributed by atoms with Gasteiger partial charge in [0.05, 0.1) is 0 Å². The first-order valence-corrected chi connectivity index (χ1v) is 8.60. The first kappa shape index (κ1) is 15.4. The third-order valence-electron chi connectivity index (χ3n) is 5.27. The number of hydrogen-bond donors (Lipinski definition) is 1. The van der Waals surface area contributed by atoms with Crippen LogP contribution in [0.5, 0.6) is 0 Å². The third kappa shape index (κ3) is 5.10. The standard InChI is InChI=1S/C18H35N/c1-17(2)12-16(13-18(3,4)14-17)19-11-10-15-8-6-5-7-9-15/h15-16,19H,5-14H2,1-4H3. The van der Waals surface area contributed by atoms with Crippen LogP contribution in [0, 0.1) is 16.7 Å². The van der Waals surface area contributed by atoms with Crippen molar-refractivity contribution < 1.29 is 0 Å². The molecule has 1 N–H and O–H groups in total. The lowest BCUT2D eigenvalue weighted by Crippen LogP contribution is -2.44. The van der Waals surface area contributed by atoms with Crippen molar-refractivity contribution in [2.45, 2.75) is 91.5 Å². The van der Waals surface area contributed by atoms with Gasteiger partial charge in [-0.2, -0.15) is 0 Å². The Kier molecular flexibility index (Phi) is 4.98. The summed E-state index contributed by atoms with van der Waals surface area (Å²) >= 11 is 0. The maximum atomic E-state index is 3.88. The third-order valence-corrected chi connectivity index (χ3v) is 5.27. The fraction of sp³-hybridized carbons (Fsp3) is 1.00. The molecule has 2 rings (SSSR count). The average molecular weight is 265 g/mol. The largest absolute Gasteiger partial charge is 0.314 e. The predicted octanol–water partition coefficient (Wildman–Crippen LogP) is 5.15. The van der Waals surface area contributed by atoms with Crippen molar-refractivity contribution in [3.8, 4) is 0 Å². The lowest BCUT2D eigenvalue weighted by molar-refractivity contribution is 0.0843. The molecule has 2 saturated carbocycles. The zero-order valence-electron chi connectivity index (χ0n) is 13.7. The molecule has 1 heteroatoms. The van der Waals surface area contributed by atoms with Gasteiger partial charge in [-0.3, -0.25) is 0 Å². The SMILES string of the molecule is CC1(C)CC(NCCC2CCCCC2)CC(C)(C)C1. The zero-order valence-corrected chi connectivity index (χ0v) is 13.7. The lowest BCUT2D eigenvalue weighted by Gasteiger charge is -2.45. The van der Waals surface area contributed by atoms with Crippen LogP contribution < -0.4 is 5.32 Å². The molecule has 2 aliphatic carbocycles. The van der Waals surface area contributed by atoms with E-state index in [1.54, 1.807) is 0 Å². The van der Waals surface area contributed by atoms with E-state index in [1.807, 2.05) is 0 Å². The highest BCUT2D eigenvalue weighted by Gasteiger charge is 2.38. The summed E-state index contributed by atoms with van der Waals surface area (Å²) in [5, 5.41) is 3.88. The molecule has 112 valence electrons. The van der Waals surface area contributed by atoms with Crippen LogP contribution in [0.4, 0.5) is 0 Å². The zero-order chi connectivity index (χ0) is 13.9. The van der Waals surface area contributed by atoms with Gasteiger partial charge >= 0.3 is 0 Å². The van der Waals surface area contributed by atoms with Crippen molar-refractivity contribution in [2.24, 2.45) is 16.7 Å². The number of nitrogens with one attached hydrogen (secondary N) is 1. The molecule has 0 unspecified atom stereocenters. The van der Waals surface area contributed by atoms with Crippen LogP contribution in [0.3, 0.4) is 0 Å². The van der Waals surface area contributed by atoms with Crippen molar-refractivity contribution in [2.75, 3.05) is 6.54 Å². The molecule has 19 heavy (non-hydrogen) atoms. The Bertz CT molecular complexity index is 257. The quantitative estimate of drug-likeness (QED) is 0.741. The summed E-state index contributed by atoms with van der Waals surface area (Å²) in [5.74, 6) is 1.02. The van der Waals surface area contributed by atoms with Crippen LogP contribution >= 0.6 is 0 Å². The molecular weight excluding hydrogens is 230 g/mol. The van der Waals surface area contributed by atoms with Crippen molar-refractivity contribution in [3.05, 3.63) is 0 Å². The Morgan fingerprint density at radius 1 is 0.895 bits per heavy atom. The minimum Gasteiger partial charge on any atom is -0.314 e. The Morgan fingerprint density at radius 2 is 1.47 bits per heavy atom. The second kappa shape index (κ2) is 6.16. The van der Waals surface area contributed by atoms with Gasteiger partial charge in [-0.05, 0) is 49.0 Å². The van der Waals surface area contributed by atoms with Crippen molar-refractivity contribution in [1.29, 1.82) is 0 Å². The second-order valence-corrected chi connectivity index (χ2v) is 8.86. The Labute approximate surface area is 120 Å². The van der Waals surface area contributed by atoms with Crippen LogP contribution in [-0.4, -0.2) is 12.6 Å². The van der Waals surface area contributed by atoms with Gasteiger partial charge in [-0.15, -0.1) is 0 Å². The van der Waals surface area contributed by atoms with E-state index >= 15 is 0 Å². The van der Waals surface area contributed by atoms with Gasteiger partial charge in [-0.25, -0.2) is 0 Å². The van der Waals surface area contributed by atoms with Gasteiger partial charge in [0.25, 0.3) is 0 Å². The van der Waals surface area contributed by atoms with E-state index in [0.717, 1.165) is 12.0 Å².